The van der Waals surface area contributed by atoms with Crippen molar-refractivity contribution >= 4 is 5.91 Å². The van der Waals surface area contributed by atoms with E-state index >= 15 is 0 Å². The van der Waals surface area contributed by atoms with Gasteiger partial charge in [-0.15, -0.1) is 0 Å². The Kier molecular flexibility index (Phi) is 7.21. The molecule has 7 heteroatoms. The number of hydrogen-bond acceptors (Lipinski definition) is 5. The Morgan fingerprint density at radius 2 is 1.56 bits per heavy atom. The summed E-state index contributed by atoms with van der Waals surface area (Å²) in [4.78, 5) is 15.3. The average molecular weight is 466 g/mol. The molecular formula is C27H28FNO5. The first-order valence-corrected chi connectivity index (χ1v) is 11.1. The quantitative estimate of drug-likeness (QED) is 0.487. The van der Waals surface area contributed by atoms with Gasteiger partial charge in [0.05, 0.1) is 33.8 Å². The van der Waals surface area contributed by atoms with Gasteiger partial charge in [0.1, 0.15) is 23.9 Å². The lowest BCUT2D eigenvalue weighted by Crippen LogP contribution is -2.43. The Hall–Kier alpha value is -3.74. The van der Waals surface area contributed by atoms with E-state index in [-0.39, 0.29) is 30.8 Å². The van der Waals surface area contributed by atoms with Gasteiger partial charge in [-0.1, -0.05) is 12.1 Å². The summed E-state index contributed by atoms with van der Waals surface area (Å²) in [5.74, 6) is 2.20. The van der Waals surface area contributed by atoms with Gasteiger partial charge >= 0.3 is 0 Å². The predicted molar refractivity (Wildman–Crippen MR) is 126 cm³/mol. The van der Waals surface area contributed by atoms with Gasteiger partial charge < -0.3 is 23.8 Å². The van der Waals surface area contributed by atoms with Crippen LogP contribution in [0.15, 0.2) is 60.7 Å². The maximum atomic E-state index is 13.4. The highest BCUT2D eigenvalue weighted by Crippen LogP contribution is 2.38. The Bertz CT molecular complexity index is 1130. The molecule has 6 nitrogen and oxygen atoms in total. The summed E-state index contributed by atoms with van der Waals surface area (Å²) in [6.07, 6.45) is 0.955. The topological polar surface area (TPSA) is 57.2 Å². The van der Waals surface area contributed by atoms with Gasteiger partial charge in [0.25, 0.3) is 0 Å². The molecular weight excluding hydrogens is 437 g/mol. The molecule has 1 aliphatic rings. The van der Waals surface area contributed by atoms with Crippen molar-refractivity contribution in [1.29, 1.82) is 0 Å². The van der Waals surface area contributed by atoms with Gasteiger partial charge in [-0.05, 0) is 71.6 Å². The van der Waals surface area contributed by atoms with Crippen LogP contribution in [-0.2, 0) is 17.6 Å². The minimum absolute atomic E-state index is 0.00157. The first kappa shape index (κ1) is 23.4. The van der Waals surface area contributed by atoms with Crippen LogP contribution in [0.4, 0.5) is 4.39 Å². The number of amides is 1. The van der Waals surface area contributed by atoms with Crippen molar-refractivity contribution in [3.8, 4) is 23.0 Å². The molecule has 0 saturated carbocycles. The van der Waals surface area contributed by atoms with Crippen LogP contribution in [0.2, 0.25) is 0 Å². The van der Waals surface area contributed by atoms with Gasteiger partial charge in [-0.25, -0.2) is 4.39 Å². The molecule has 3 aromatic carbocycles. The predicted octanol–water partition coefficient (Wildman–Crippen LogP) is 4.60. The number of nitrogens with zero attached hydrogens (tertiary/aromatic N) is 1. The van der Waals surface area contributed by atoms with Crippen molar-refractivity contribution in [2.45, 2.75) is 18.9 Å². The van der Waals surface area contributed by atoms with Gasteiger partial charge in [0, 0.05) is 6.54 Å². The summed E-state index contributed by atoms with van der Waals surface area (Å²) >= 11 is 0. The molecule has 178 valence electrons. The highest BCUT2D eigenvalue weighted by atomic mass is 19.1. The average Bonchev–Trinajstić information content (AvgIpc) is 2.87. The molecule has 0 N–H and O–H groups in total. The molecule has 0 radical (unpaired) electrons. The fourth-order valence-electron chi connectivity index (χ4n) is 4.23. The lowest BCUT2D eigenvalue weighted by Gasteiger charge is -2.37. The molecule has 3 aromatic rings. The molecule has 34 heavy (non-hydrogen) atoms. The zero-order valence-corrected chi connectivity index (χ0v) is 19.5. The number of carbonyl (C=O) groups excluding carboxylic acids is 1. The molecule has 4 rings (SSSR count). The SMILES string of the molecule is COc1ccc(CC(=O)N2CCc3cc(OC)c(OC)cc3[C@@H]2COc2ccc(F)cc2)cc1. The molecule has 0 fully saturated rings. The van der Waals surface area contributed by atoms with E-state index < -0.39 is 0 Å². The molecule has 1 atom stereocenters. The summed E-state index contributed by atoms with van der Waals surface area (Å²) < 4.78 is 35.5. The van der Waals surface area contributed by atoms with E-state index in [0.717, 1.165) is 22.4 Å². The third kappa shape index (κ3) is 5.09. The van der Waals surface area contributed by atoms with E-state index in [1.807, 2.05) is 41.3 Å². The molecule has 1 amide bonds. The van der Waals surface area contributed by atoms with E-state index in [2.05, 4.69) is 0 Å². The zero-order chi connectivity index (χ0) is 24.1. The van der Waals surface area contributed by atoms with Crippen LogP contribution in [0.25, 0.3) is 0 Å². The Morgan fingerprint density at radius 1 is 0.912 bits per heavy atom. The van der Waals surface area contributed by atoms with Crippen LogP contribution in [0, 0.1) is 5.82 Å². The van der Waals surface area contributed by atoms with Crippen LogP contribution in [0.5, 0.6) is 23.0 Å². The van der Waals surface area contributed by atoms with E-state index in [1.165, 1.54) is 12.1 Å². The number of fused-ring (bicyclic) bond motifs is 1. The van der Waals surface area contributed by atoms with E-state index in [0.29, 0.717) is 30.2 Å². The third-order valence-electron chi connectivity index (χ3n) is 6.06. The lowest BCUT2D eigenvalue weighted by molar-refractivity contribution is -0.134. The molecule has 0 spiro atoms. The Morgan fingerprint density at radius 3 is 2.21 bits per heavy atom. The number of hydrogen-bond donors (Lipinski definition) is 0. The minimum Gasteiger partial charge on any atom is -0.497 e. The second-order valence-electron chi connectivity index (χ2n) is 8.05. The fourth-order valence-corrected chi connectivity index (χ4v) is 4.23. The minimum atomic E-state index is -0.334. The van der Waals surface area contributed by atoms with Crippen LogP contribution in [0.1, 0.15) is 22.7 Å². The van der Waals surface area contributed by atoms with E-state index in [9.17, 15) is 9.18 Å². The summed E-state index contributed by atoms with van der Waals surface area (Å²) in [6, 6.07) is 16.9. The smallest absolute Gasteiger partial charge is 0.227 e. The Balaban J connectivity index is 1.62. The molecule has 1 aliphatic heterocycles. The van der Waals surface area contributed by atoms with E-state index in [1.54, 1.807) is 33.5 Å². The number of rotatable bonds is 8. The van der Waals surface area contributed by atoms with Crippen molar-refractivity contribution in [2.75, 3.05) is 34.5 Å². The molecule has 0 aliphatic carbocycles. The standard InChI is InChI=1S/C27H28FNO5/c1-31-21-8-4-18(5-9-21)14-27(30)29-13-12-19-15-25(32-2)26(33-3)16-23(19)24(29)17-34-22-10-6-20(28)7-11-22/h4-11,15-16,24H,12-14,17H2,1-3H3/t24-/m0/s1. The fraction of sp³-hybridized carbons (Fsp3) is 0.296. The number of halogens is 1. The highest BCUT2D eigenvalue weighted by Gasteiger charge is 2.32. The second kappa shape index (κ2) is 10.5. The van der Waals surface area contributed by atoms with Gasteiger partial charge in [0.15, 0.2) is 11.5 Å². The largest absolute Gasteiger partial charge is 0.497 e. The first-order chi connectivity index (χ1) is 16.5. The van der Waals surface area contributed by atoms with Crippen molar-refractivity contribution in [3.63, 3.8) is 0 Å². The Labute approximate surface area is 198 Å². The third-order valence-corrected chi connectivity index (χ3v) is 6.06. The van der Waals surface area contributed by atoms with Gasteiger partial charge in [-0.3, -0.25) is 4.79 Å². The van der Waals surface area contributed by atoms with Crippen LogP contribution >= 0.6 is 0 Å². The maximum absolute atomic E-state index is 13.4. The highest BCUT2D eigenvalue weighted by molar-refractivity contribution is 5.80. The second-order valence-corrected chi connectivity index (χ2v) is 8.05. The number of methoxy groups -OCH3 is 3. The van der Waals surface area contributed by atoms with Gasteiger partial charge in [0.2, 0.25) is 5.91 Å². The molecule has 0 unspecified atom stereocenters. The summed E-state index contributed by atoms with van der Waals surface area (Å²) in [6.45, 7) is 0.775. The number of ether oxygens (including phenoxy) is 4. The molecule has 0 aromatic heterocycles. The van der Waals surface area contributed by atoms with Crippen LogP contribution in [0.3, 0.4) is 0 Å². The monoisotopic (exact) mass is 465 g/mol. The summed E-state index contributed by atoms with van der Waals surface area (Å²) in [7, 11) is 4.80. The van der Waals surface area contributed by atoms with E-state index in [4.69, 9.17) is 18.9 Å². The number of carbonyl (C=O) groups is 1. The first-order valence-electron chi connectivity index (χ1n) is 11.1. The van der Waals surface area contributed by atoms with Crippen LogP contribution < -0.4 is 18.9 Å². The van der Waals surface area contributed by atoms with Crippen molar-refractivity contribution in [2.24, 2.45) is 0 Å². The van der Waals surface area contributed by atoms with Gasteiger partial charge in [-0.2, -0.15) is 0 Å². The number of benzene rings is 3. The molecule has 1 heterocycles. The zero-order valence-electron chi connectivity index (χ0n) is 19.5. The maximum Gasteiger partial charge on any atom is 0.227 e. The molecule has 0 bridgehead atoms. The molecule has 0 saturated heterocycles. The lowest BCUT2D eigenvalue weighted by atomic mass is 9.91. The summed E-state index contributed by atoms with van der Waals surface area (Å²) in [5.41, 5.74) is 2.94. The van der Waals surface area contributed by atoms with Crippen molar-refractivity contribution in [3.05, 3.63) is 83.2 Å². The summed E-state index contributed by atoms with van der Waals surface area (Å²) in [5, 5.41) is 0. The van der Waals surface area contributed by atoms with Crippen molar-refractivity contribution in [1.82, 2.24) is 4.90 Å². The van der Waals surface area contributed by atoms with Crippen LogP contribution in [-0.4, -0.2) is 45.3 Å². The normalized spacial score (nSPS) is 14.8. The van der Waals surface area contributed by atoms with Crippen molar-refractivity contribution < 1.29 is 28.1 Å².